The van der Waals surface area contributed by atoms with Crippen LogP contribution in [0.4, 0.5) is 0 Å². The summed E-state index contributed by atoms with van der Waals surface area (Å²) in [6.45, 7) is 6.21. The van der Waals surface area contributed by atoms with Crippen LogP contribution in [-0.4, -0.2) is 29.9 Å². The molecule has 7 nitrogen and oxygen atoms in total. The molecule has 0 aliphatic heterocycles. The minimum Gasteiger partial charge on any atom is -0.338 e. The van der Waals surface area contributed by atoms with Gasteiger partial charge in [-0.05, 0) is 44.0 Å². The first-order valence-electron chi connectivity index (χ1n) is 9.58. The van der Waals surface area contributed by atoms with Gasteiger partial charge in [-0.1, -0.05) is 42.0 Å². The lowest BCUT2D eigenvalue weighted by Gasteiger charge is -2.13. The predicted molar refractivity (Wildman–Crippen MR) is 112 cm³/mol. The summed E-state index contributed by atoms with van der Waals surface area (Å²) in [5.74, 6) is 2.09. The first kappa shape index (κ1) is 19.3. The van der Waals surface area contributed by atoms with Gasteiger partial charge in [-0.15, -0.1) is 10.2 Å². The van der Waals surface area contributed by atoms with E-state index in [1.165, 1.54) is 0 Å². The third-order valence-corrected chi connectivity index (χ3v) is 5.53. The number of hydrogen-bond acceptors (Lipinski definition) is 7. The highest BCUT2D eigenvalue weighted by atomic mass is 32.2. The van der Waals surface area contributed by atoms with Gasteiger partial charge >= 0.3 is 0 Å². The fourth-order valence-corrected chi connectivity index (χ4v) is 3.92. The van der Waals surface area contributed by atoms with Gasteiger partial charge < -0.3 is 4.52 Å². The van der Waals surface area contributed by atoms with E-state index in [-0.39, 0.29) is 5.25 Å². The van der Waals surface area contributed by atoms with Gasteiger partial charge in [0.25, 0.3) is 0 Å². The third kappa shape index (κ3) is 4.07. The van der Waals surface area contributed by atoms with E-state index in [1.807, 2.05) is 31.2 Å². The maximum Gasteiger partial charge on any atom is 0.239 e. The molecule has 1 atom stereocenters. The smallest absolute Gasteiger partial charge is 0.239 e. The number of thioether (sulfide) groups is 1. The van der Waals surface area contributed by atoms with Crippen molar-refractivity contribution < 1.29 is 4.52 Å². The van der Waals surface area contributed by atoms with Crippen LogP contribution in [0.15, 0.2) is 58.5 Å². The van der Waals surface area contributed by atoms with Crippen molar-refractivity contribution in [3.8, 4) is 17.1 Å². The summed E-state index contributed by atoms with van der Waals surface area (Å²) in [4.78, 5) is 8.75. The minimum atomic E-state index is -0.0539. The van der Waals surface area contributed by atoms with Crippen LogP contribution in [0.2, 0.25) is 0 Å². The van der Waals surface area contributed by atoms with Crippen LogP contribution in [0.3, 0.4) is 0 Å². The van der Waals surface area contributed by atoms with Crippen LogP contribution in [0.25, 0.3) is 17.1 Å². The summed E-state index contributed by atoms with van der Waals surface area (Å²) in [5, 5.41) is 13.7. The molecule has 1 unspecified atom stereocenters. The minimum absolute atomic E-state index is 0.0539. The lowest BCUT2D eigenvalue weighted by atomic mass is 10.2. The van der Waals surface area contributed by atoms with Crippen LogP contribution < -0.4 is 0 Å². The van der Waals surface area contributed by atoms with Gasteiger partial charge in [-0.3, -0.25) is 9.55 Å². The zero-order chi connectivity index (χ0) is 20.2. The second kappa shape index (κ2) is 8.57. The van der Waals surface area contributed by atoms with Crippen LogP contribution in [0, 0.1) is 6.92 Å². The van der Waals surface area contributed by atoms with Crippen LogP contribution in [-0.2, 0) is 6.42 Å². The fraction of sp³-hybridized carbons (Fsp3) is 0.286. The molecule has 4 aromatic rings. The summed E-state index contributed by atoms with van der Waals surface area (Å²) >= 11 is 1.55. The standard InChI is InChI=1S/C21H22N6OS/c1-4-8-18-23-20(28-26-18)15(3)29-21-25-24-19(16-10-7-12-22-13-16)27(21)17-11-6-5-9-14(17)2/h5-7,9-13,15H,4,8H2,1-3H3. The Hall–Kier alpha value is -3.00. The zero-order valence-electron chi connectivity index (χ0n) is 16.6. The topological polar surface area (TPSA) is 82.5 Å². The summed E-state index contributed by atoms with van der Waals surface area (Å²) < 4.78 is 7.53. The average Bonchev–Trinajstić information content (AvgIpc) is 3.37. The fourth-order valence-electron chi connectivity index (χ4n) is 3.03. The monoisotopic (exact) mass is 406 g/mol. The molecular weight excluding hydrogens is 384 g/mol. The number of nitrogens with zero attached hydrogens (tertiary/aromatic N) is 6. The molecule has 0 spiro atoms. The van der Waals surface area contributed by atoms with Gasteiger partial charge in [0.15, 0.2) is 16.8 Å². The van der Waals surface area contributed by atoms with E-state index in [4.69, 9.17) is 4.52 Å². The van der Waals surface area contributed by atoms with Crippen molar-refractivity contribution in [2.75, 3.05) is 0 Å². The molecule has 0 radical (unpaired) electrons. The molecule has 4 rings (SSSR count). The molecule has 0 aliphatic rings. The maximum atomic E-state index is 5.46. The molecule has 0 saturated heterocycles. The van der Waals surface area contributed by atoms with Crippen molar-refractivity contribution in [2.24, 2.45) is 0 Å². The zero-order valence-corrected chi connectivity index (χ0v) is 17.4. The van der Waals surface area contributed by atoms with Crippen LogP contribution in [0.1, 0.15) is 42.8 Å². The molecule has 0 aliphatic carbocycles. The first-order chi connectivity index (χ1) is 14.2. The maximum absolute atomic E-state index is 5.46. The number of aryl methyl sites for hydroxylation is 2. The summed E-state index contributed by atoms with van der Waals surface area (Å²) in [6.07, 6.45) is 5.34. The highest BCUT2D eigenvalue weighted by molar-refractivity contribution is 7.99. The van der Waals surface area contributed by atoms with E-state index in [2.05, 4.69) is 55.9 Å². The van der Waals surface area contributed by atoms with Crippen LogP contribution in [0.5, 0.6) is 0 Å². The second-order valence-electron chi connectivity index (χ2n) is 6.73. The molecule has 3 aromatic heterocycles. The number of hydrogen-bond donors (Lipinski definition) is 0. The molecule has 0 fully saturated rings. The number of pyridine rings is 1. The Kier molecular flexibility index (Phi) is 5.71. The van der Waals surface area contributed by atoms with Crippen molar-refractivity contribution in [2.45, 2.75) is 44.0 Å². The largest absolute Gasteiger partial charge is 0.338 e. The molecule has 8 heteroatoms. The molecule has 3 heterocycles. The Labute approximate surface area is 173 Å². The van der Waals surface area contributed by atoms with Gasteiger partial charge in [0.1, 0.15) is 0 Å². The quantitative estimate of drug-likeness (QED) is 0.407. The summed E-state index contributed by atoms with van der Waals surface area (Å²) in [5.41, 5.74) is 3.07. The molecule has 0 N–H and O–H groups in total. The number of aromatic nitrogens is 6. The molecule has 148 valence electrons. The van der Waals surface area contributed by atoms with Gasteiger partial charge in [0.05, 0.1) is 10.9 Å². The average molecular weight is 407 g/mol. The number of para-hydroxylation sites is 1. The molecule has 0 saturated carbocycles. The van der Waals surface area contributed by atoms with E-state index < -0.39 is 0 Å². The Balaban J connectivity index is 1.73. The SMILES string of the molecule is CCCc1noc(C(C)Sc2nnc(-c3cccnc3)n2-c2ccccc2C)n1. The molecule has 29 heavy (non-hydrogen) atoms. The highest BCUT2D eigenvalue weighted by Crippen LogP contribution is 2.36. The van der Waals surface area contributed by atoms with E-state index >= 15 is 0 Å². The highest BCUT2D eigenvalue weighted by Gasteiger charge is 2.22. The Morgan fingerprint density at radius 1 is 1.14 bits per heavy atom. The van der Waals surface area contributed by atoms with Crippen molar-refractivity contribution in [1.82, 2.24) is 29.9 Å². The van der Waals surface area contributed by atoms with Gasteiger partial charge in [0.2, 0.25) is 5.89 Å². The Morgan fingerprint density at radius 3 is 2.76 bits per heavy atom. The molecule has 0 amide bonds. The number of benzene rings is 1. The van der Waals surface area contributed by atoms with Gasteiger partial charge in [-0.2, -0.15) is 4.98 Å². The summed E-state index contributed by atoms with van der Waals surface area (Å²) in [6, 6.07) is 12.1. The molecule has 1 aromatic carbocycles. The molecular formula is C21H22N6OS. The van der Waals surface area contributed by atoms with Crippen LogP contribution >= 0.6 is 11.8 Å². The Morgan fingerprint density at radius 2 is 2.00 bits per heavy atom. The normalized spacial score (nSPS) is 12.2. The molecule has 0 bridgehead atoms. The van der Waals surface area contributed by atoms with Gasteiger partial charge in [-0.25, -0.2) is 0 Å². The second-order valence-corrected chi connectivity index (χ2v) is 8.04. The predicted octanol–water partition coefficient (Wildman–Crippen LogP) is 4.83. The lowest BCUT2D eigenvalue weighted by Crippen LogP contribution is -2.03. The summed E-state index contributed by atoms with van der Waals surface area (Å²) in [7, 11) is 0. The van der Waals surface area contributed by atoms with Crippen molar-refractivity contribution >= 4 is 11.8 Å². The van der Waals surface area contributed by atoms with E-state index in [0.29, 0.717) is 5.89 Å². The lowest BCUT2D eigenvalue weighted by molar-refractivity contribution is 0.374. The first-order valence-corrected chi connectivity index (χ1v) is 10.5. The van der Waals surface area contributed by atoms with E-state index in [0.717, 1.165) is 46.5 Å². The van der Waals surface area contributed by atoms with E-state index in [9.17, 15) is 0 Å². The van der Waals surface area contributed by atoms with Crippen molar-refractivity contribution in [3.63, 3.8) is 0 Å². The van der Waals surface area contributed by atoms with Gasteiger partial charge in [0, 0.05) is 24.4 Å². The third-order valence-electron chi connectivity index (χ3n) is 4.50. The van der Waals surface area contributed by atoms with Crippen molar-refractivity contribution in [3.05, 3.63) is 66.1 Å². The van der Waals surface area contributed by atoms with Crippen molar-refractivity contribution in [1.29, 1.82) is 0 Å². The number of rotatable bonds is 7. The Bertz CT molecular complexity index is 1090. The van der Waals surface area contributed by atoms with E-state index in [1.54, 1.807) is 24.2 Å².